The number of alkyl halides is 3. The van der Waals surface area contributed by atoms with E-state index >= 15 is 0 Å². The van der Waals surface area contributed by atoms with Crippen LogP contribution >= 0.6 is 27.5 Å². The maximum Gasteiger partial charge on any atom is 0.417 e. The van der Waals surface area contributed by atoms with Crippen LogP contribution in [-0.4, -0.2) is 6.54 Å². The third-order valence-electron chi connectivity index (χ3n) is 1.76. The van der Waals surface area contributed by atoms with Crippen LogP contribution in [0.2, 0.25) is 0 Å². The van der Waals surface area contributed by atoms with Crippen LogP contribution in [0, 0.1) is 0 Å². The second kappa shape index (κ2) is 5.10. The molecule has 0 unspecified atom stereocenters. The summed E-state index contributed by atoms with van der Waals surface area (Å²) in [6.07, 6.45) is -4.38. The van der Waals surface area contributed by atoms with Gasteiger partial charge in [0.1, 0.15) is 0 Å². The van der Waals surface area contributed by atoms with Crippen LogP contribution in [0.1, 0.15) is 5.56 Å². The minimum Gasteiger partial charge on any atom is -0.380 e. The molecule has 6 heteroatoms. The van der Waals surface area contributed by atoms with Gasteiger partial charge in [-0.25, -0.2) is 0 Å². The lowest BCUT2D eigenvalue weighted by Crippen LogP contribution is -2.08. The molecule has 0 atom stereocenters. The SMILES string of the molecule is C=C(Cl)CNc1ccc(Br)c(C(F)(F)F)c1. The molecule has 0 aromatic heterocycles. The van der Waals surface area contributed by atoms with Crippen LogP contribution in [0.25, 0.3) is 0 Å². The molecular weight excluding hydrogens is 306 g/mol. The summed E-state index contributed by atoms with van der Waals surface area (Å²) in [5.74, 6) is 0. The van der Waals surface area contributed by atoms with Crippen LogP contribution in [0.15, 0.2) is 34.3 Å². The van der Waals surface area contributed by atoms with Crippen molar-refractivity contribution in [2.45, 2.75) is 6.18 Å². The molecule has 0 radical (unpaired) electrons. The summed E-state index contributed by atoms with van der Waals surface area (Å²) >= 11 is 8.36. The summed E-state index contributed by atoms with van der Waals surface area (Å²) < 4.78 is 37.6. The quantitative estimate of drug-likeness (QED) is 0.857. The first-order valence-corrected chi connectivity index (χ1v) is 5.41. The molecule has 0 saturated carbocycles. The Kier molecular flexibility index (Phi) is 4.27. The zero-order chi connectivity index (χ0) is 12.3. The first-order chi connectivity index (χ1) is 7.30. The number of halogens is 5. The van der Waals surface area contributed by atoms with E-state index in [1.165, 1.54) is 12.1 Å². The van der Waals surface area contributed by atoms with Crippen molar-refractivity contribution in [3.63, 3.8) is 0 Å². The average Bonchev–Trinajstić information content (AvgIpc) is 2.14. The van der Waals surface area contributed by atoms with E-state index in [1.54, 1.807) is 0 Å². The van der Waals surface area contributed by atoms with E-state index < -0.39 is 11.7 Å². The fourth-order valence-electron chi connectivity index (χ4n) is 1.05. The molecule has 1 nitrogen and oxygen atoms in total. The molecule has 1 aromatic rings. The van der Waals surface area contributed by atoms with Crippen LogP contribution < -0.4 is 5.32 Å². The van der Waals surface area contributed by atoms with Crippen molar-refractivity contribution in [2.24, 2.45) is 0 Å². The summed E-state index contributed by atoms with van der Waals surface area (Å²) in [7, 11) is 0. The van der Waals surface area contributed by atoms with Gasteiger partial charge in [-0.3, -0.25) is 0 Å². The molecule has 1 aromatic carbocycles. The number of nitrogens with one attached hydrogen (secondary N) is 1. The maximum atomic E-state index is 12.5. The van der Waals surface area contributed by atoms with Crippen molar-refractivity contribution >= 4 is 33.2 Å². The molecule has 0 spiro atoms. The summed E-state index contributed by atoms with van der Waals surface area (Å²) in [5, 5.41) is 3.06. The molecule has 0 fully saturated rings. The van der Waals surface area contributed by atoms with Crippen LogP contribution in [0.5, 0.6) is 0 Å². The molecular formula is C10H8BrClF3N. The van der Waals surface area contributed by atoms with Crippen LogP contribution in [-0.2, 0) is 6.18 Å². The summed E-state index contributed by atoms with van der Waals surface area (Å²) in [5.41, 5.74) is -0.380. The molecule has 0 bridgehead atoms. The summed E-state index contributed by atoms with van der Waals surface area (Å²) in [6, 6.07) is 3.88. The van der Waals surface area contributed by atoms with E-state index in [2.05, 4.69) is 27.8 Å². The second-order valence-corrected chi connectivity index (χ2v) is 4.45. The van der Waals surface area contributed by atoms with Gasteiger partial charge in [0.15, 0.2) is 0 Å². The molecule has 0 saturated heterocycles. The highest BCUT2D eigenvalue weighted by Crippen LogP contribution is 2.36. The van der Waals surface area contributed by atoms with E-state index in [0.717, 1.165) is 6.07 Å². The van der Waals surface area contributed by atoms with E-state index in [4.69, 9.17) is 11.6 Å². The van der Waals surface area contributed by atoms with E-state index in [1.807, 2.05) is 0 Å². The molecule has 1 N–H and O–H groups in total. The monoisotopic (exact) mass is 313 g/mol. The third-order valence-corrected chi connectivity index (χ3v) is 2.58. The van der Waals surface area contributed by atoms with Crippen molar-refractivity contribution in [2.75, 3.05) is 11.9 Å². The molecule has 1 rings (SSSR count). The van der Waals surface area contributed by atoms with Gasteiger partial charge in [0, 0.05) is 15.2 Å². The fraction of sp³-hybridized carbons (Fsp3) is 0.200. The van der Waals surface area contributed by atoms with Crippen LogP contribution in [0.3, 0.4) is 0 Å². The molecule has 0 heterocycles. The third kappa shape index (κ3) is 3.72. The number of rotatable bonds is 3. The van der Waals surface area contributed by atoms with Crippen molar-refractivity contribution in [1.82, 2.24) is 0 Å². The van der Waals surface area contributed by atoms with Crippen molar-refractivity contribution < 1.29 is 13.2 Å². The Bertz CT molecular complexity index is 404. The highest BCUT2D eigenvalue weighted by Gasteiger charge is 2.33. The normalized spacial score (nSPS) is 11.3. The van der Waals surface area contributed by atoms with Gasteiger partial charge in [-0.15, -0.1) is 0 Å². The van der Waals surface area contributed by atoms with Gasteiger partial charge in [-0.2, -0.15) is 13.2 Å². The maximum absolute atomic E-state index is 12.5. The van der Waals surface area contributed by atoms with Crippen molar-refractivity contribution in [3.05, 3.63) is 39.8 Å². The molecule has 0 aliphatic rings. The number of hydrogen-bond acceptors (Lipinski definition) is 1. The fourth-order valence-corrected chi connectivity index (χ4v) is 1.59. The van der Waals surface area contributed by atoms with Gasteiger partial charge < -0.3 is 5.32 Å². The minimum atomic E-state index is -4.38. The van der Waals surface area contributed by atoms with E-state index in [0.29, 0.717) is 10.7 Å². The highest BCUT2D eigenvalue weighted by molar-refractivity contribution is 9.10. The first-order valence-electron chi connectivity index (χ1n) is 4.24. The van der Waals surface area contributed by atoms with Gasteiger partial charge in [0.2, 0.25) is 0 Å². The number of benzene rings is 1. The molecule has 16 heavy (non-hydrogen) atoms. The first kappa shape index (κ1) is 13.4. The highest BCUT2D eigenvalue weighted by atomic mass is 79.9. The lowest BCUT2D eigenvalue weighted by molar-refractivity contribution is -0.138. The lowest BCUT2D eigenvalue weighted by Gasteiger charge is -2.12. The standard InChI is InChI=1S/C10H8BrClF3N/c1-6(12)5-16-7-2-3-9(11)8(4-7)10(13,14)15/h2-4,16H,1,5H2. The Morgan fingerprint density at radius 3 is 2.56 bits per heavy atom. The molecule has 0 aliphatic carbocycles. The van der Waals surface area contributed by atoms with E-state index in [-0.39, 0.29) is 11.0 Å². The minimum absolute atomic E-state index is 0.00949. The number of hydrogen-bond donors (Lipinski definition) is 1. The Hall–Kier alpha value is -0.680. The second-order valence-electron chi connectivity index (χ2n) is 3.06. The van der Waals surface area contributed by atoms with Gasteiger partial charge in [-0.1, -0.05) is 34.1 Å². The number of anilines is 1. The molecule has 0 amide bonds. The van der Waals surface area contributed by atoms with Crippen molar-refractivity contribution in [1.29, 1.82) is 0 Å². The Morgan fingerprint density at radius 2 is 2.06 bits per heavy atom. The predicted octanol–water partition coefficient (Wildman–Crippen LogP) is 4.63. The van der Waals surface area contributed by atoms with Gasteiger partial charge >= 0.3 is 6.18 Å². The molecule has 0 aliphatic heterocycles. The smallest absolute Gasteiger partial charge is 0.380 e. The zero-order valence-corrected chi connectivity index (χ0v) is 10.4. The Morgan fingerprint density at radius 1 is 1.44 bits per heavy atom. The van der Waals surface area contributed by atoms with Gasteiger partial charge in [-0.05, 0) is 18.2 Å². The predicted molar refractivity (Wildman–Crippen MR) is 62.6 cm³/mol. The Balaban J connectivity index is 2.94. The average molecular weight is 315 g/mol. The van der Waals surface area contributed by atoms with E-state index in [9.17, 15) is 13.2 Å². The molecule has 88 valence electrons. The zero-order valence-electron chi connectivity index (χ0n) is 8.04. The van der Waals surface area contributed by atoms with Gasteiger partial charge in [0.05, 0.1) is 12.1 Å². The van der Waals surface area contributed by atoms with Crippen molar-refractivity contribution in [3.8, 4) is 0 Å². The Labute approximate surface area is 104 Å². The van der Waals surface area contributed by atoms with Gasteiger partial charge in [0.25, 0.3) is 0 Å². The van der Waals surface area contributed by atoms with Crippen LogP contribution in [0.4, 0.5) is 18.9 Å². The largest absolute Gasteiger partial charge is 0.417 e. The topological polar surface area (TPSA) is 12.0 Å². The summed E-state index contributed by atoms with van der Waals surface area (Å²) in [6.45, 7) is 3.65. The summed E-state index contributed by atoms with van der Waals surface area (Å²) in [4.78, 5) is 0. The lowest BCUT2D eigenvalue weighted by atomic mass is 10.2.